The lowest BCUT2D eigenvalue weighted by atomic mass is 9.81. The molecule has 1 heterocycles. The Morgan fingerprint density at radius 3 is 2.31 bits per heavy atom. The van der Waals surface area contributed by atoms with Crippen LogP contribution in [0.1, 0.15) is 59.3 Å². The van der Waals surface area contributed by atoms with Crippen molar-refractivity contribution in [2.24, 2.45) is 0 Å². The lowest BCUT2D eigenvalue weighted by Gasteiger charge is -2.29. The van der Waals surface area contributed by atoms with E-state index in [0.29, 0.717) is 21.7 Å². The molecule has 164 valence electrons. The molecule has 5 heteroatoms. The zero-order valence-electron chi connectivity index (χ0n) is 19.2. The molecule has 32 heavy (non-hydrogen) atoms. The highest BCUT2D eigenvalue weighted by Crippen LogP contribution is 2.41. The molecular formula is C27H28N2O2S. The molecule has 0 unspecified atom stereocenters. The molecule has 0 saturated heterocycles. The lowest BCUT2D eigenvalue weighted by molar-refractivity contribution is -0.113. The summed E-state index contributed by atoms with van der Waals surface area (Å²) in [4.78, 5) is 25.3. The minimum atomic E-state index is -0.441. The largest absolute Gasteiger partial charge is 0.353 e. The molecular weight excluding hydrogens is 416 g/mol. The highest BCUT2D eigenvalue weighted by atomic mass is 32.2. The number of Topliss-reactive ketones (excluding diaryl/α,β-unsaturated/α-hetero) is 2. The SMILES string of the molecule is CCc1ccc([C@H]2C(C#N)=C(SCC(=O)c3ccc(C)c(C)c3)NC(C)=C2C(C)=O)cc1. The van der Waals surface area contributed by atoms with Crippen LogP contribution < -0.4 is 5.32 Å². The number of ketones is 2. The van der Waals surface area contributed by atoms with Gasteiger partial charge in [0.1, 0.15) is 0 Å². The summed E-state index contributed by atoms with van der Waals surface area (Å²) in [5.74, 6) is -0.292. The third-order valence-electron chi connectivity index (χ3n) is 5.92. The molecule has 2 aromatic rings. The van der Waals surface area contributed by atoms with Crippen LogP contribution in [0.4, 0.5) is 0 Å². The lowest BCUT2D eigenvalue weighted by Crippen LogP contribution is -2.27. The molecule has 0 fully saturated rings. The van der Waals surface area contributed by atoms with Crippen molar-refractivity contribution in [3.63, 3.8) is 0 Å². The Hall–Kier alpha value is -3.10. The average molecular weight is 445 g/mol. The van der Waals surface area contributed by atoms with Crippen molar-refractivity contribution in [2.75, 3.05) is 5.75 Å². The van der Waals surface area contributed by atoms with Gasteiger partial charge in [-0.1, -0.05) is 55.1 Å². The number of rotatable bonds is 7. The van der Waals surface area contributed by atoms with E-state index in [1.54, 1.807) is 0 Å². The number of hydrogen-bond acceptors (Lipinski definition) is 5. The maximum atomic E-state index is 12.8. The van der Waals surface area contributed by atoms with Gasteiger partial charge < -0.3 is 5.32 Å². The van der Waals surface area contributed by atoms with E-state index < -0.39 is 5.92 Å². The van der Waals surface area contributed by atoms with E-state index >= 15 is 0 Å². The molecule has 0 aromatic heterocycles. The predicted octanol–water partition coefficient (Wildman–Crippen LogP) is 5.77. The smallest absolute Gasteiger partial charge is 0.173 e. The minimum absolute atomic E-state index is 0.00698. The first-order valence-electron chi connectivity index (χ1n) is 10.7. The Morgan fingerprint density at radius 1 is 1.06 bits per heavy atom. The van der Waals surface area contributed by atoms with Crippen molar-refractivity contribution < 1.29 is 9.59 Å². The van der Waals surface area contributed by atoms with Crippen LogP contribution in [0, 0.1) is 25.2 Å². The first-order chi connectivity index (χ1) is 15.3. The molecule has 0 saturated carbocycles. The van der Waals surface area contributed by atoms with Crippen LogP contribution in [0.2, 0.25) is 0 Å². The van der Waals surface area contributed by atoms with Crippen molar-refractivity contribution in [1.82, 2.24) is 5.32 Å². The number of nitriles is 1. The summed E-state index contributed by atoms with van der Waals surface area (Å²) < 4.78 is 0. The average Bonchev–Trinajstić information content (AvgIpc) is 2.78. The molecule has 1 N–H and O–H groups in total. The monoisotopic (exact) mass is 444 g/mol. The topological polar surface area (TPSA) is 70.0 Å². The Kier molecular flexibility index (Phi) is 7.37. The molecule has 2 aromatic carbocycles. The van der Waals surface area contributed by atoms with Crippen LogP contribution in [0.3, 0.4) is 0 Å². The van der Waals surface area contributed by atoms with Crippen LogP contribution in [-0.4, -0.2) is 17.3 Å². The number of carbonyl (C=O) groups excluding carboxylic acids is 2. The van der Waals surface area contributed by atoms with E-state index in [0.717, 1.165) is 28.8 Å². The van der Waals surface area contributed by atoms with Crippen LogP contribution in [0.15, 0.2) is 64.3 Å². The summed E-state index contributed by atoms with van der Waals surface area (Å²) in [6.45, 7) is 9.48. The second-order valence-corrected chi connectivity index (χ2v) is 9.10. The van der Waals surface area contributed by atoms with Gasteiger partial charge in [0.2, 0.25) is 0 Å². The summed E-state index contributed by atoms with van der Waals surface area (Å²) in [7, 11) is 0. The molecule has 0 radical (unpaired) electrons. The molecule has 1 aliphatic rings. The number of nitrogens with zero attached hydrogens (tertiary/aromatic N) is 1. The van der Waals surface area contributed by atoms with Gasteiger partial charge in [-0.3, -0.25) is 9.59 Å². The molecule has 0 bridgehead atoms. The summed E-state index contributed by atoms with van der Waals surface area (Å²) in [6, 6.07) is 16.1. The number of benzene rings is 2. The predicted molar refractivity (Wildman–Crippen MR) is 130 cm³/mol. The fraction of sp³-hybridized carbons (Fsp3) is 0.296. The van der Waals surface area contributed by atoms with Crippen molar-refractivity contribution in [2.45, 2.75) is 47.0 Å². The Labute approximate surface area is 194 Å². The number of carbonyl (C=O) groups is 2. The van der Waals surface area contributed by atoms with E-state index in [9.17, 15) is 14.9 Å². The van der Waals surface area contributed by atoms with Crippen molar-refractivity contribution in [1.29, 1.82) is 5.26 Å². The van der Waals surface area contributed by atoms with Crippen molar-refractivity contribution in [3.05, 3.63) is 92.2 Å². The number of allylic oxidation sites excluding steroid dienone is 3. The first kappa shape index (κ1) is 23.6. The first-order valence-corrected chi connectivity index (χ1v) is 11.7. The molecule has 0 spiro atoms. The highest BCUT2D eigenvalue weighted by molar-refractivity contribution is 8.03. The second kappa shape index (κ2) is 10.0. The van der Waals surface area contributed by atoms with Crippen LogP contribution in [0.25, 0.3) is 0 Å². The second-order valence-electron chi connectivity index (χ2n) is 8.11. The molecule has 4 nitrogen and oxygen atoms in total. The van der Waals surface area contributed by atoms with Crippen LogP contribution in [-0.2, 0) is 11.2 Å². The number of dihydropyridines is 1. The fourth-order valence-corrected chi connectivity index (χ4v) is 4.89. The van der Waals surface area contributed by atoms with E-state index in [4.69, 9.17) is 0 Å². The third-order valence-corrected chi connectivity index (χ3v) is 6.94. The van der Waals surface area contributed by atoms with Gasteiger partial charge in [0.15, 0.2) is 11.6 Å². The molecule has 1 atom stereocenters. The van der Waals surface area contributed by atoms with E-state index in [2.05, 4.69) is 18.3 Å². The van der Waals surface area contributed by atoms with Gasteiger partial charge in [0.05, 0.1) is 28.3 Å². The highest BCUT2D eigenvalue weighted by Gasteiger charge is 2.33. The Balaban J connectivity index is 1.94. The van der Waals surface area contributed by atoms with Gasteiger partial charge in [0, 0.05) is 16.8 Å². The van der Waals surface area contributed by atoms with Crippen LogP contribution >= 0.6 is 11.8 Å². The number of thioether (sulfide) groups is 1. The number of aryl methyl sites for hydroxylation is 3. The van der Waals surface area contributed by atoms with Crippen LogP contribution in [0.5, 0.6) is 0 Å². The Bertz CT molecular complexity index is 1170. The van der Waals surface area contributed by atoms with Gasteiger partial charge >= 0.3 is 0 Å². The quantitative estimate of drug-likeness (QED) is 0.549. The normalized spacial score (nSPS) is 15.9. The summed E-state index contributed by atoms with van der Waals surface area (Å²) in [6.07, 6.45) is 0.920. The minimum Gasteiger partial charge on any atom is -0.353 e. The molecule has 1 aliphatic heterocycles. The zero-order valence-corrected chi connectivity index (χ0v) is 20.0. The van der Waals surface area contributed by atoms with Gasteiger partial charge in [0.25, 0.3) is 0 Å². The molecule has 3 rings (SSSR count). The van der Waals surface area contributed by atoms with Gasteiger partial charge in [-0.05, 0) is 62.4 Å². The van der Waals surface area contributed by atoms with E-state index in [1.165, 1.54) is 24.2 Å². The van der Waals surface area contributed by atoms with Gasteiger partial charge in [-0.15, -0.1) is 0 Å². The maximum absolute atomic E-state index is 12.8. The third kappa shape index (κ3) is 4.87. The Morgan fingerprint density at radius 2 is 1.75 bits per heavy atom. The zero-order chi connectivity index (χ0) is 23.4. The number of hydrogen-bond donors (Lipinski definition) is 1. The fourth-order valence-electron chi connectivity index (χ4n) is 3.91. The standard InChI is InChI=1S/C27H28N2O2S/c1-6-20-8-11-21(12-9-20)26-23(14-28)27(29-18(4)25(26)19(5)30)32-15-24(31)22-10-7-16(2)17(3)13-22/h7-13,26,29H,6,15H2,1-5H3/t26-/m0/s1. The summed E-state index contributed by atoms with van der Waals surface area (Å²) in [5, 5.41) is 13.9. The van der Waals surface area contributed by atoms with E-state index in [1.807, 2.05) is 63.2 Å². The van der Waals surface area contributed by atoms with Crippen molar-refractivity contribution >= 4 is 23.3 Å². The van der Waals surface area contributed by atoms with Gasteiger partial charge in [-0.2, -0.15) is 5.26 Å². The summed E-state index contributed by atoms with van der Waals surface area (Å²) >= 11 is 1.32. The summed E-state index contributed by atoms with van der Waals surface area (Å²) in [5.41, 5.74) is 6.79. The molecule has 0 aliphatic carbocycles. The maximum Gasteiger partial charge on any atom is 0.173 e. The van der Waals surface area contributed by atoms with Gasteiger partial charge in [-0.25, -0.2) is 0 Å². The van der Waals surface area contributed by atoms with E-state index in [-0.39, 0.29) is 17.3 Å². The molecule has 0 amide bonds. The number of nitrogens with one attached hydrogen (secondary N) is 1. The van der Waals surface area contributed by atoms with Crippen molar-refractivity contribution in [3.8, 4) is 6.07 Å².